The minimum atomic E-state index is -0.963. The van der Waals surface area contributed by atoms with Gasteiger partial charge in [-0.15, -0.1) is 11.3 Å². The number of hydrogen-bond donors (Lipinski definition) is 0. The van der Waals surface area contributed by atoms with Crippen LogP contribution >= 0.6 is 23.1 Å². The molecule has 2 amide bonds. The van der Waals surface area contributed by atoms with Crippen LogP contribution in [0, 0.1) is 35.5 Å². The third-order valence-corrected chi connectivity index (χ3v) is 8.57. The summed E-state index contributed by atoms with van der Waals surface area (Å²) < 4.78 is 5.30. The first-order chi connectivity index (χ1) is 14.5. The zero-order valence-electron chi connectivity index (χ0n) is 16.6. The van der Waals surface area contributed by atoms with Crippen molar-refractivity contribution in [2.75, 3.05) is 18.6 Å². The smallest absolute Gasteiger partial charge is 0.329 e. The number of nitrogens with zero attached hydrogens (tertiary/aromatic N) is 1. The second-order valence-corrected chi connectivity index (χ2v) is 10.4. The van der Waals surface area contributed by atoms with Crippen LogP contribution in [0.2, 0.25) is 0 Å². The first kappa shape index (κ1) is 20.0. The SMILES string of the molecule is CSCC[C@@H](C(=O)OCC(=O)c1cccs1)N1C(=O)[C@H]2[C@@H]3C=C[C@H]([C@H]4C[C@H]34)[C@@H]2C1=O. The molecule has 7 atom stereocenters. The van der Waals surface area contributed by atoms with Crippen LogP contribution in [0.15, 0.2) is 29.7 Å². The number of esters is 1. The molecule has 2 bridgehead atoms. The van der Waals surface area contributed by atoms with E-state index in [1.165, 1.54) is 16.2 Å². The molecule has 5 aliphatic rings. The quantitative estimate of drug-likeness (QED) is 0.265. The first-order valence-corrected chi connectivity index (χ1v) is 12.6. The maximum Gasteiger partial charge on any atom is 0.329 e. The van der Waals surface area contributed by atoms with Gasteiger partial charge in [0, 0.05) is 0 Å². The summed E-state index contributed by atoms with van der Waals surface area (Å²) in [4.78, 5) is 53.5. The zero-order chi connectivity index (χ0) is 21.0. The minimum Gasteiger partial charge on any atom is -0.456 e. The fraction of sp³-hybridized carbons (Fsp3) is 0.545. The zero-order valence-corrected chi connectivity index (χ0v) is 18.2. The van der Waals surface area contributed by atoms with Crippen molar-refractivity contribution in [1.82, 2.24) is 4.90 Å². The number of ether oxygens (including phenoxy) is 1. The number of carbonyl (C=O) groups excluding carboxylic acids is 4. The highest BCUT2D eigenvalue weighted by atomic mass is 32.2. The molecule has 1 aromatic heterocycles. The average molecular weight is 446 g/mol. The van der Waals surface area contributed by atoms with Crippen molar-refractivity contribution in [3.05, 3.63) is 34.5 Å². The number of ketones is 1. The Kier molecular flexibility index (Phi) is 5.09. The highest BCUT2D eigenvalue weighted by molar-refractivity contribution is 7.98. The van der Waals surface area contributed by atoms with Crippen molar-refractivity contribution in [3.63, 3.8) is 0 Å². The molecule has 0 aromatic carbocycles. The molecule has 0 spiro atoms. The third-order valence-electron chi connectivity index (χ3n) is 7.02. The Balaban J connectivity index is 1.34. The van der Waals surface area contributed by atoms with Crippen LogP contribution in [-0.4, -0.2) is 53.1 Å². The van der Waals surface area contributed by atoms with Crippen molar-refractivity contribution in [3.8, 4) is 0 Å². The molecule has 30 heavy (non-hydrogen) atoms. The van der Waals surface area contributed by atoms with E-state index < -0.39 is 12.0 Å². The molecule has 0 radical (unpaired) electrons. The van der Waals surface area contributed by atoms with Crippen molar-refractivity contribution in [2.24, 2.45) is 35.5 Å². The Hall–Kier alpha value is -1.93. The summed E-state index contributed by atoms with van der Waals surface area (Å²) in [5.41, 5.74) is 0. The molecule has 0 N–H and O–H groups in total. The standard InChI is InChI=1S/C22H23NO5S2/c1-29-8-6-15(22(27)28-10-16(24)17-3-2-7-30-17)23-20(25)18-11-4-5-12(14-9-13(11)14)19(18)21(23)26/h2-5,7,11-15,18-19H,6,8-10H2,1H3/t11-,12-,13-,14-,15+,18+,19+/m1/s1. The van der Waals surface area contributed by atoms with Gasteiger partial charge in [-0.25, -0.2) is 4.79 Å². The van der Waals surface area contributed by atoms with E-state index >= 15 is 0 Å². The van der Waals surface area contributed by atoms with Gasteiger partial charge in [-0.2, -0.15) is 11.8 Å². The molecule has 8 heteroatoms. The Morgan fingerprint density at radius 2 is 1.87 bits per heavy atom. The van der Waals surface area contributed by atoms with Crippen LogP contribution in [0.1, 0.15) is 22.5 Å². The summed E-state index contributed by atoms with van der Waals surface area (Å²) >= 11 is 2.83. The second kappa shape index (κ2) is 7.64. The average Bonchev–Trinajstić information content (AvgIpc) is 3.32. The Morgan fingerprint density at radius 1 is 1.20 bits per heavy atom. The van der Waals surface area contributed by atoms with Crippen molar-refractivity contribution >= 4 is 46.7 Å². The van der Waals surface area contributed by atoms with Gasteiger partial charge < -0.3 is 4.74 Å². The highest BCUT2D eigenvalue weighted by Crippen LogP contribution is 2.65. The Labute approximate surface area is 183 Å². The van der Waals surface area contributed by atoms with Crippen molar-refractivity contribution < 1.29 is 23.9 Å². The lowest BCUT2D eigenvalue weighted by Gasteiger charge is -2.37. The van der Waals surface area contributed by atoms with Crippen LogP contribution in [-0.2, 0) is 19.1 Å². The number of likely N-dealkylation sites (tertiary alicyclic amines) is 1. The van der Waals surface area contributed by atoms with Crippen LogP contribution < -0.4 is 0 Å². The number of allylic oxidation sites excluding steroid dienone is 2. The number of carbonyl (C=O) groups is 4. The second-order valence-electron chi connectivity index (χ2n) is 8.51. The Morgan fingerprint density at radius 3 is 2.43 bits per heavy atom. The van der Waals surface area contributed by atoms with Gasteiger partial charge in [0.15, 0.2) is 6.61 Å². The van der Waals surface area contributed by atoms with E-state index in [2.05, 4.69) is 12.2 Å². The topological polar surface area (TPSA) is 80.8 Å². The molecule has 1 aliphatic heterocycles. The van der Waals surface area contributed by atoms with Gasteiger partial charge in [-0.1, -0.05) is 18.2 Å². The van der Waals surface area contributed by atoms with Gasteiger partial charge in [0.1, 0.15) is 6.04 Å². The van der Waals surface area contributed by atoms with E-state index in [1.54, 1.807) is 29.3 Å². The van der Waals surface area contributed by atoms with Crippen LogP contribution in [0.4, 0.5) is 0 Å². The van der Waals surface area contributed by atoms with E-state index in [-0.39, 0.29) is 47.9 Å². The summed E-state index contributed by atoms with van der Waals surface area (Å²) in [5.74, 6) is -0.228. The van der Waals surface area contributed by atoms with E-state index in [0.29, 0.717) is 28.9 Å². The van der Waals surface area contributed by atoms with Gasteiger partial charge >= 0.3 is 5.97 Å². The van der Waals surface area contributed by atoms with Gasteiger partial charge in [-0.05, 0) is 60.0 Å². The van der Waals surface area contributed by atoms with Crippen LogP contribution in [0.25, 0.3) is 0 Å². The van der Waals surface area contributed by atoms with Gasteiger partial charge in [0.2, 0.25) is 17.6 Å². The number of Topliss-reactive ketones (excluding diaryl/α,β-unsaturated/α-hetero) is 1. The molecule has 158 valence electrons. The summed E-state index contributed by atoms with van der Waals surface area (Å²) in [6.45, 7) is -0.380. The fourth-order valence-corrected chi connectivity index (χ4v) is 6.72. The molecule has 1 saturated heterocycles. The molecule has 4 aliphatic carbocycles. The molecule has 3 fully saturated rings. The summed E-state index contributed by atoms with van der Waals surface area (Å²) in [6, 6.07) is 2.48. The molecule has 0 unspecified atom stereocenters. The predicted molar refractivity (Wildman–Crippen MR) is 113 cm³/mol. The lowest BCUT2D eigenvalue weighted by Crippen LogP contribution is -2.47. The fourth-order valence-electron chi connectivity index (χ4n) is 5.61. The molecule has 1 aromatic rings. The number of thiophene rings is 1. The Bertz CT molecular complexity index is 890. The van der Waals surface area contributed by atoms with Crippen LogP contribution in [0.5, 0.6) is 0 Å². The number of imide groups is 1. The van der Waals surface area contributed by atoms with E-state index in [0.717, 1.165) is 6.42 Å². The number of hydrogen-bond acceptors (Lipinski definition) is 7. The largest absolute Gasteiger partial charge is 0.456 e. The predicted octanol–water partition coefficient (Wildman–Crippen LogP) is 2.65. The summed E-state index contributed by atoms with van der Waals surface area (Å²) in [5, 5.41) is 1.78. The van der Waals surface area contributed by atoms with Crippen molar-refractivity contribution in [1.29, 1.82) is 0 Å². The van der Waals surface area contributed by atoms with E-state index in [4.69, 9.17) is 4.74 Å². The van der Waals surface area contributed by atoms with Crippen molar-refractivity contribution in [2.45, 2.75) is 18.9 Å². The molecule has 6 nitrogen and oxygen atoms in total. The number of rotatable bonds is 8. The number of amides is 2. The highest BCUT2D eigenvalue weighted by Gasteiger charge is 2.67. The molecular formula is C22H23NO5S2. The minimum absolute atomic E-state index is 0.115. The van der Waals surface area contributed by atoms with E-state index in [1.807, 2.05) is 6.26 Å². The maximum atomic E-state index is 13.3. The normalized spacial score (nSPS) is 34.0. The monoisotopic (exact) mass is 445 g/mol. The number of thioether (sulfide) groups is 1. The maximum absolute atomic E-state index is 13.3. The van der Waals surface area contributed by atoms with E-state index in [9.17, 15) is 19.2 Å². The molecule has 2 heterocycles. The van der Waals surface area contributed by atoms with Gasteiger partial charge in [0.05, 0.1) is 16.7 Å². The third kappa shape index (κ3) is 3.07. The first-order valence-electron chi connectivity index (χ1n) is 10.3. The van der Waals surface area contributed by atoms with Gasteiger partial charge in [0.25, 0.3) is 0 Å². The lowest BCUT2D eigenvalue weighted by molar-refractivity contribution is -0.158. The van der Waals surface area contributed by atoms with Crippen LogP contribution in [0.3, 0.4) is 0 Å². The molecular weight excluding hydrogens is 422 g/mol. The molecule has 6 rings (SSSR count). The summed E-state index contributed by atoms with van der Waals surface area (Å²) in [6.07, 6.45) is 7.57. The molecule has 2 saturated carbocycles. The lowest BCUT2D eigenvalue weighted by atomic mass is 9.63. The van der Waals surface area contributed by atoms with Gasteiger partial charge in [-0.3, -0.25) is 19.3 Å². The summed E-state index contributed by atoms with van der Waals surface area (Å²) in [7, 11) is 0.